The highest BCUT2D eigenvalue weighted by molar-refractivity contribution is 5.38. The number of aromatic nitrogens is 2. The molecule has 0 spiro atoms. The van der Waals surface area contributed by atoms with Gasteiger partial charge in [-0.15, -0.1) is 0 Å². The van der Waals surface area contributed by atoms with Crippen molar-refractivity contribution in [3.05, 3.63) is 53.5 Å². The Bertz CT molecular complexity index is 565. The fourth-order valence-electron chi connectivity index (χ4n) is 1.68. The summed E-state index contributed by atoms with van der Waals surface area (Å²) in [5, 5.41) is 2.88. The Kier molecular flexibility index (Phi) is 4.22. The van der Waals surface area contributed by atoms with Crippen LogP contribution in [0.25, 0.3) is 0 Å². The molecule has 0 aromatic carbocycles. The summed E-state index contributed by atoms with van der Waals surface area (Å²) in [5.74, 6) is 0.222. The van der Waals surface area contributed by atoms with Crippen molar-refractivity contribution in [1.82, 2.24) is 9.97 Å². The highest BCUT2D eigenvalue weighted by Crippen LogP contribution is 2.29. The minimum atomic E-state index is -4.35. The van der Waals surface area contributed by atoms with Crippen LogP contribution in [-0.4, -0.2) is 16.5 Å². The highest BCUT2D eigenvalue weighted by Gasteiger charge is 2.30. The molecule has 2 heterocycles. The molecule has 0 saturated carbocycles. The number of aryl methyl sites for hydroxylation is 1. The number of rotatable bonds is 4. The molecular formula is C14H14F3N3. The summed E-state index contributed by atoms with van der Waals surface area (Å²) < 4.78 is 37.6. The smallest absolute Gasteiger partial charge is 0.370 e. The molecule has 3 nitrogen and oxygen atoms in total. The topological polar surface area (TPSA) is 37.8 Å². The summed E-state index contributed by atoms with van der Waals surface area (Å²) in [6.45, 7) is 2.40. The third-order valence-electron chi connectivity index (χ3n) is 2.78. The van der Waals surface area contributed by atoms with Crippen molar-refractivity contribution in [2.24, 2.45) is 0 Å². The monoisotopic (exact) mass is 281 g/mol. The number of alkyl halides is 3. The van der Waals surface area contributed by atoms with Crippen LogP contribution in [0, 0.1) is 6.92 Å². The summed E-state index contributed by atoms with van der Waals surface area (Å²) in [6.07, 6.45) is -0.763. The molecule has 0 aliphatic heterocycles. The van der Waals surface area contributed by atoms with Crippen LogP contribution in [0.2, 0.25) is 0 Å². The van der Waals surface area contributed by atoms with Crippen LogP contribution < -0.4 is 5.32 Å². The molecule has 2 aromatic rings. The molecule has 0 bridgehead atoms. The van der Waals surface area contributed by atoms with Gasteiger partial charge in [-0.3, -0.25) is 4.98 Å². The molecule has 2 aromatic heterocycles. The average molecular weight is 281 g/mol. The maximum atomic E-state index is 12.5. The fourth-order valence-corrected chi connectivity index (χ4v) is 1.68. The van der Waals surface area contributed by atoms with Crippen LogP contribution in [0.15, 0.2) is 36.7 Å². The predicted octanol–water partition coefficient (Wildman–Crippen LogP) is 3.46. The molecule has 0 aliphatic rings. The summed E-state index contributed by atoms with van der Waals surface area (Å²) >= 11 is 0. The van der Waals surface area contributed by atoms with Gasteiger partial charge in [0.05, 0.1) is 5.56 Å². The number of nitrogens with one attached hydrogen (secondary N) is 1. The van der Waals surface area contributed by atoms with Gasteiger partial charge in [-0.05, 0) is 37.1 Å². The Labute approximate surface area is 114 Å². The van der Waals surface area contributed by atoms with Crippen LogP contribution in [0.1, 0.15) is 16.8 Å². The number of anilines is 1. The van der Waals surface area contributed by atoms with E-state index in [1.807, 2.05) is 19.1 Å². The van der Waals surface area contributed by atoms with E-state index >= 15 is 0 Å². The quantitative estimate of drug-likeness (QED) is 0.932. The molecular weight excluding hydrogens is 267 g/mol. The maximum Gasteiger partial charge on any atom is 0.416 e. The van der Waals surface area contributed by atoms with E-state index in [-0.39, 0.29) is 5.82 Å². The van der Waals surface area contributed by atoms with Gasteiger partial charge in [0.15, 0.2) is 0 Å². The molecule has 1 N–H and O–H groups in total. The normalized spacial score (nSPS) is 11.4. The van der Waals surface area contributed by atoms with Crippen LogP contribution >= 0.6 is 0 Å². The van der Waals surface area contributed by atoms with Gasteiger partial charge in [-0.25, -0.2) is 4.98 Å². The van der Waals surface area contributed by atoms with Crippen molar-refractivity contribution in [1.29, 1.82) is 0 Å². The number of hydrogen-bond donors (Lipinski definition) is 1. The first-order chi connectivity index (χ1) is 9.45. The Morgan fingerprint density at radius 3 is 2.60 bits per heavy atom. The van der Waals surface area contributed by atoms with E-state index in [0.29, 0.717) is 13.0 Å². The average Bonchev–Trinajstić information content (AvgIpc) is 2.40. The van der Waals surface area contributed by atoms with Gasteiger partial charge in [0.2, 0.25) is 0 Å². The summed E-state index contributed by atoms with van der Waals surface area (Å²) in [5.41, 5.74) is 1.25. The number of pyridine rings is 2. The molecule has 0 amide bonds. The zero-order valence-corrected chi connectivity index (χ0v) is 10.9. The SMILES string of the molecule is Cc1ccc(CCNc2cc(C(F)(F)F)ccn2)cn1. The maximum absolute atomic E-state index is 12.5. The first-order valence-corrected chi connectivity index (χ1v) is 6.14. The van der Waals surface area contributed by atoms with Crippen molar-refractivity contribution < 1.29 is 13.2 Å². The molecule has 0 fully saturated rings. The highest BCUT2D eigenvalue weighted by atomic mass is 19.4. The van der Waals surface area contributed by atoms with Gasteiger partial charge in [0.1, 0.15) is 5.82 Å². The van der Waals surface area contributed by atoms with E-state index in [1.54, 1.807) is 6.20 Å². The Morgan fingerprint density at radius 2 is 1.95 bits per heavy atom. The van der Waals surface area contributed by atoms with E-state index in [0.717, 1.165) is 29.6 Å². The Balaban J connectivity index is 1.93. The van der Waals surface area contributed by atoms with E-state index in [4.69, 9.17) is 0 Å². The molecule has 0 atom stereocenters. The van der Waals surface area contributed by atoms with Gasteiger partial charge >= 0.3 is 6.18 Å². The molecule has 2 rings (SSSR count). The van der Waals surface area contributed by atoms with Gasteiger partial charge in [0, 0.05) is 24.6 Å². The second-order valence-electron chi connectivity index (χ2n) is 4.41. The standard InChI is InChI=1S/C14H14F3N3/c1-10-2-3-11(9-20-10)4-6-18-13-8-12(5-7-19-13)14(15,16)17/h2-3,5,7-9H,4,6H2,1H3,(H,18,19). The van der Waals surface area contributed by atoms with E-state index < -0.39 is 11.7 Å². The molecule has 6 heteroatoms. The summed E-state index contributed by atoms with van der Waals surface area (Å²) in [6, 6.07) is 5.81. The van der Waals surface area contributed by atoms with Crippen LogP contribution in [0.5, 0.6) is 0 Å². The lowest BCUT2D eigenvalue weighted by atomic mass is 10.2. The lowest BCUT2D eigenvalue weighted by Gasteiger charge is -2.09. The zero-order chi connectivity index (χ0) is 14.6. The lowest BCUT2D eigenvalue weighted by Crippen LogP contribution is -2.09. The molecule has 20 heavy (non-hydrogen) atoms. The second kappa shape index (κ2) is 5.90. The number of halogens is 3. The van der Waals surface area contributed by atoms with Gasteiger partial charge in [0.25, 0.3) is 0 Å². The minimum Gasteiger partial charge on any atom is -0.370 e. The van der Waals surface area contributed by atoms with Crippen LogP contribution in [0.3, 0.4) is 0 Å². The van der Waals surface area contributed by atoms with Crippen molar-refractivity contribution in [2.75, 3.05) is 11.9 Å². The first kappa shape index (κ1) is 14.3. The third kappa shape index (κ3) is 3.94. The van der Waals surface area contributed by atoms with Crippen molar-refractivity contribution in [3.8, 4) is 0 Å². The Morgan fingerprint density at radius 1 is 1.15 bits per heavy atom. The molecule has 0 saturated heterocycles. The molecule has 106 valence electrons. The lowest BCUT2D eigenvalue weighted by molar-refractivity contribution is -0.137. The summed E-state index contributed by atoms with van der Waals surface area (Å²) in [7, 11) is 0. The van der Waals surface area contributed by atoms with Gasteiger partial charge in [-0.2, -0.15) is 13.2 Å². The largest absolute Gasteiger partial charge is 0.416 e. The summed E-state index contributed by atoms with van der Waals surface area (Å²) in [4.78, 5) is 8.03. The van der Waals surface area contributed by atoms with Gasteiger partial charge in [-0.1, -0.05) is 6.07 Å². The van der Waals surface area contributed by atoms with Crippen molar-refractivity contribution in [3.63, 3.8) is 0 Å². The van der Waals surface area contributed by atoms with Crippen LogP contribution in [-0.2, 0) is 12.6 Å². The molecule has 0 radical (unpaired) electrons. The molecule has 0 unspecified atom stereocenters. The van der Waals surface area contributed by atoms with Crippen molar-refractivity contribution in [2.45, 2.75) is 19.5 Å². The van der Waals surface area contributed by atoms with Gasteiger partial charge < -0.3 is 5.32 Å². The predicted molar refractivity (Wildman–Crippen MR) is 70.4 cm³/mol. The number of hydrogen-bond acceptors (Lipinski definition) is 3. The Hall–Kier alpha value is -2.11. The zero-order valence-electron chi connectivity index (χ0n) is 10.9. The molecule has 0 aliphatic carbocycles. The third-order valence-corrected chi connectivity index (χ3v) is 2.78. The van der Waals surface area contributed by atoms with E-state index in [2.05, 4.69) is 15.3 Å². The number of nitrogens with zero attached hydrogens (tertiary/aromatic N) is 2. The fraction of sp³-hybridized carbons (Fsp3) is 0.286. The first-order valence-electron chi connectivity index (χ1n) is 6.14. The minimum absolute atomic E-state index is 0.222. The van der Waals surface area contributed by atoms with E-state index in [9.17, 15) is 13.2 Å². The van der Waals surface area contributed by atoms with Crippen molar-refractivity contribution >= 4 is 5.82 Å². The second-order valence-corrected chi connectivity index (χ2v) is 4.41. The van der Waals surface area contributed by atoms with Crippen LogP contribution in [0.4, 0.5) is 19.0 Å². The van der Waals surface area contributed by atoms with E-state index in [1.165, 1.54) is 0 Å².